The molecule has 2 rings (SSSR count). The van der Waals surface area contributed by atoms with Crippen molar-refractivity contribution in [3.8, 4) is 0 Å². The minimum absolute atomic E-state index is 0.0622. The lowest BCUT2D eigenvalue weighted by Crippen LogP contribution is -2.26. The monoisotopic (exact) mass is 284 g/mol. The summed E-state index contributed by atoms with van der Waals surface area (Å²) in [6.45, 7) is 0.439. The minimum atomic E-state index is -0.560. The van der Waals surface area contributed by atoms with E-state index in [1.54, 1.807) is 53.8 Å². The summed E-state index contributed by atoms with van der Waals surface area (Å²) < 4.78 is 0. The van der Waals surface area contributed by atoms with Crippen molar-refractivity contribution in [3.05, 3.63) is 71.3 Å². The van der Waals surface area contributed by atoms with Crippen LogP contribution in [-0.4, -0.2) is 29.0 Å². The third-order valence-corrected chi connectivity index (χ3v) is 3.10. The Hall–Kier alpha value is -2.66. The lowest BCUT2D eigenvalue weighted by atomic mass is 10.1. The number of benzene rings is 2. The number of carbonyl (C=O) groups excluding carboxylic acids is 2. The molecule has 0 aliphatic carbocycles. The molecule has 5 heteroatoms. The van der Waals surface area contributed by atoms with E-state index in [0.29, 0.717) is 17.7 Å². The van der Waals surface area contributed by atoms with Crippen molar-refractivity contribution in [2.24, 2.45) is 0 Å². The highest BCUT2D eigenvalue weighted by atomic mass is 16.5. The van der Waals surface area contributed by atoms with Gasteiger partial charge in [-0.3, -0.25) is 14.8 Å². The van der Waals surface area contributed by atoms with Gasteiger partial charge in [0.25, 0.3) is 11.8 Å². The van der Waals surface area contributed by atoms with E-state index in [-0.39, 0.29) is 5.91 Å². The lowest BCUT2D eigenvalue weighted by Gasteiger charge is -2.17. The Labute approximate surface area is 122 Å². The van der Waals surface area contributed by atoms with E-state index in [1.807, 2.05) is 18.2 Å². The Kier molecular flexibility index (Phi) is 4.68. The van der Waals surface area contributed by atoms with Crippen LogP contribution in [0, 0.1) is 0 Å². The van der Waals surface area contributed by atoms with E-state index in [2.05, 4.69) is 0 Å². The van der Waals surface area contributed by atoms with Crippen LogP contribution in [0.3, 0.4) is 0 Å². The number of hydroxylamine groups is 1. The second kappa shape index (κ2) is 6.67. The molecule has 0 radical (unpaired) electrons. The number of nitrogens with one attached hydrogen (secondary N) is 1. The van der Waals surface area contributed by atoms with Crippen molar-refractivity contribution in [1.29, 1.82) is 0 Å². The van der Waals surface area contributed by atoms with Crippen molar-refractivity contribution in [2.45, 2.75) is 6.54 Å². The van der Waals surface area contributed by atoms with E-state index in [1.165, 1.54) is 0 Å². The number of hydrogen-bond donors (Lipinski definition) is 2. The number of amides is 2. The fourth-order valence-corrected chi connectivity index (χ4v) is 1.97. The van der Waals surface area contributed by atoms with Crippen molar-refractivity contribution < 1.29 is 14.8 Å². The van der Waals surface area contributed by atoms with E-state index in [9.17, 15) is 9.59 Å². The van der Waals surface area contributed by atoms with Crippen molar-refractivity contribution in [2.75, 3.05) is 7.05 Å². The SMILES string of the molecule is CN(Cc1ccc(C(=O)NO)cc1)C(=O)c1ccccc1. The highest BCUT2D eigenvalue weighted by Gasteiger charge is 2.11. The number of rotatable bonds is 4. The normalized spacial score (nSPS) is 10.0. The van der Waals surface area contributed by atoms with Gasteiger partial charge in [0, 0.05) is 24.7 Å². The Morgan fingerprint density at radius 1 is 1.00 bits per heavy atom. The molecule has 0 unspecified atom stereocenters. The summed E-state index contributed by atoms with van der Waals surface area (Å²) in [6.07, 6.45) is 0. The van der Waals surface area contributed by atoms with Gasteiger partial charge in [0.1, 0.15) is 0 Å². The molecule has 0 saturated heterocycles. The number of carbonyl (C=O) groups is 2. The van der Waals surface area contributed by atoms with Crippen LogP contribution >= 0.6 is 0 Å². The summed E-state index contributed by atoms with van der Waals surface area (Å²) >= 11 is 0. The maximum absolute atomic E-state index is 12.2. The summed E-state index contributed by atoms with van der Waals surface area (Å²) in [5.41, 5.74) is 3.47. The zero-order valence-electron chi connectivity index (χ0n) is 11.6. The Morgan fingerprint density at radius 3 is 2.19 bits per heavy atom. The van der Waals surface area contributed by atoms with Gasteiger partial charge >= 0.3 is 0 Å². The Morgan fingerprint density at radius 2 is 1.62 bits per heavy atom. The van der Waals surface area contributed by atoms with Gasteiger partial charge in [0.05, 0.1) is 0 Å². The van der Waals surface area contributed by atoms with Gasteiger partial charge in [-0.1, -0.05) is 30.3 Å². The Balaban J connectivity index is 2.04. The first-order valence-electron chi connectivity index (χ1n) is 6.45. The first kappa shape index (κ1) is 14.7. The second-order valence-electron chi connectivity index (χ2n) is 4.67. The predicted octanol–water partition coefficient (Wildman–Crippen LogP) is 2.08. The lowest BCUT2D eigenvalue weighted by molar-refractivity contribution is 0.0705. The summed E-state index contributed by atoms with van der Waals surface area (Å²) in [5, 5.41) is 8.55. The van der Waals surface area contributed by atoms with Crippen LogP contribution in [0.2, 0.25) is 0 Å². The minimum Gasteiger partial charge on any atom is -0.337 e. The van der Waals surface area contributed by atoms with Gasteiger partial charge in [-0.25, -0.2) is 5.48 Å². The molecule has 2 aromatic carbocycles. The fraction of sp³-hybridized carbons (Fsp3) is 0.125. The van der Waals surface area contributed by atoms with E-state index in [4.69, 9.17) is 5.21 Å². The van der Waals surface area contributed by atoms with E-state index in [0.717, 1.165) is 5.56 Å². The van der Waals surface area contributed by atoms with Crippen molar-refractivity contribution in [3.63, 3.8) is 0 Å². The molecular weight excluding hydrogens is 268 g/mol. The van der Waals surface area contributed by atoms with Crippen LogP contribution < -0.4 is 5.48 Å². The zero-order valence-corrected chi connectivity index (χ0v) is 11.6. The smallest absolute Gasteiger partial charge is 0.274 e. The highest BCUT2D eigenvalue weighted by molar-refractivity contribution is 5.94. The third-order valence-electron chi connectivity index (χ3n) is 3.10. The molecule has 0 heterocycles. The molecule has 21 heavy (non-hydrogen) atoms. The van der Waals surface area contributed by atoms with Crippen LogP contribution in [-0.2, 0) is 6.54 Å². The molecule has 0 atom stereocenters. The first-order chi connectivity index (χ1) is 10.1. The van der Waals surface area contributed by atoms with Gasteiger partial charge in [0.15, 0.2) is 0 Å². The topological polar surface area (TPSA) is 69.6 Å². The molecule has 0 saturated carbocycles. The van der Waals surface area contributed by atoms with Crippen LogP contribution in [0.1, 0.15) is 26.3 Å². The quantitative estimate of drug-likeness (QED) is 0.667. The molecule has 0 aromatic heterocycles. The van der Waals surface area contributed by atoms with Crippen LogP contribution in [0.4, 0.5) is 0 Å². The van der Waals surface area contributed by atoms with Crippen molar-refractivity contribution >= 4 is 11.8 Å². The maximum atomic E-state index is 12.2. The van der Waals surface area contributed by atoms with Crippen LogP contribution in [0.15, 0.2) is 54.6 Å². The first-order valence-corrected chi connectivity index (χ1v) is 6.45. The van der Waals surface area contributed by atoms with Gasteiger partial charge < -0.3 is 4.90 Å². The van der Waals surface area contributed by atoms with E-state index < -0.39 is 5.91 Å². The van der Waals surface area contributed by atoms with Gasteiger partial charge in [-0.15, -0.1) is 0 Å². The number of nitrogens with zero attached hydrogens (tertiary/aromatic N) is 1. The molecule has 0 spiro atoms. The fourth-order valence-electron chi connectivity index (χ4n) is 1.97. The van der Waals surface area contributed by atoms with E-state index >= 15 is 0 Å². The molecule has 2 amide bonds. The highest BCUT2D eigenvalue weighted by Crippen LogP contribution is 2.10. The summed E-state index contributed by atoms with van der Waals surface area (Å²) in [5.74, 6) is -0.622. The molecule has 2 N–H and O–H groups in total. The molecule has 0 bridgehead atoms. The number of hydrogen-bond acceptors (Lipinski definition) is 3. The van der Waals surface area contributed by atoms with Crippen LogP contribution in [0.25, 0.3) is 0 Å². The summed E-state index contributed by atoms with van der Waals surface area (Å²) in [7, 11) is 1.73. The Bertz CT molecular complexity index is 624. The zero-order chi connectivity index (χ0) is 15.2. The van der Waals surface area contributed by atoms with Crippen molar-refractivity contribution in [1.82, 2.24) is 10.4 Å². The third kappa shape index (κ3) is 3.67. The largest absolute Gasteiger partial charge is 0.337 e. The van der Waals surface area contributed by atoms with Gasteiger partial charge in [0.2, 0.25) is 0 Å². The predicted molar refractivity (Wildman–Crippen MR) is 77.9 cm³/mol. The summed E-state index contributed by atoms with van der Waals surface area (Å²) in [6, 6.07) is 15.7. The maximum Gasteiger partial charge on any atom is 0.274 e. The molecule has 5 nitrogen and oxygen atoms in total. The standard InChI is InChI=1S/C16H16N2O3/c1-18(16(20)14-5-3-2-4-6-14)11-12-7-9-13(10-8-12)15(19)17-21/h2-10,21H,11H2,1H3,(H,17,19). The molecule has 2 aromatic rings. The molecule has 0 aliphatic rings. The van der Waals surface area contributed by atoms with Gasteiger partial charge in [-0.2, -0.15) is 0 Å². The average Bonchev–Trinajstić information content (AvgIpc) is 2.55. The van der Waals surface area contributed by atoms with Crippen LogP contribution in [0.5, 0.6) is 0 Å². The molecule has 0 aliphatic heterocycles. The average molecular weight is 284 g/mol. The molecular formula is C16H16N2O3. The summed E-state index contributed by atoms with van der Waals surface area (Å²) in [4.78, 5) is 25.0. The molecule has 108 valence electrons. The molecule has 0 fully saturated rings. The second-order valence-corrected chi connectivity index (χ2v) is 4.67. The van der Waals surface area contributed by atoms with Gasteiger partial charge in [-0.05, 0) is 29.8 Å².